The number of aryl methyl sites for hydroxylation is 1. The third-order valence-corrected chi connectivity index (χ3v) is 2.77. The van der Waals surface area contributed by atoms with Crippen molar-refractivity contribution in [2.45, 2.75) is 13.8 Å². The number of hydrogen-bond acceptors (Lipinski definition) is 4. The first-order chi connectivity index (χ1) is 8.61. The molecule has 18 heavy (non-hydrogen) atoms. The first kappa shape index (κ1) is 12.8. The van der Waals surface area contributed by atoms with Crippen LogP contribution in [0.5, 0.6) is 0 Å². The van der Waals surface area contributed by atoms with Crippen molar-refractivity contribution in [1.82, 2.24) is 14.8 Å². The zero-order valence-corrected chi connectivity index (χ0v) is 11.6. The zero-order chi connectivity index (χ0) is 13.1. The van der Waals surface area contributed by atoms with E-state index < -0.39 is 0 Å². The Labute approximate surface area is 113 Å². The van der Waals surface area contributed by atoms with Crippen molar-refractivity contribution in [1.29, 1.82) is 0 Å². The maximum atomic E-state index is 11.7. The maximum Gasteiger partial charge on any atom is 0.341 e. The topological polar surface area (TPSA) is 57.0 Å². The van der Waals surface area contributed by atoms with E-state index in [1.807, 2.05) is 18.2 Å². The lowest BCUT2D eigenvalue weighted by Gasteiger charge is -1.99. The van der Waals surface area contributed by atoms with Gasteiger partial charge in [0.05, 0.1) is 12.3 Å². The minimum Gasteiger partial charge on any atom is -0.462 e. The Kier molecular flexibility index (Phi) is 3.76. The number of aromatic nitrogens is 3. The van der Waals surface area contributed by atoms with Crippen LogP contribution in [0.1, 0.15) is 23.0 Å². The fourth-order valence-corrected chi connectivity index (χ4v) is 1.85. The molecule has 0 bridgehead atoms. The van der Waals surface area contributed by atoms with E-state index in [4.69, 9.17) is 4.74 Å². The molecule has 2 heterocycles. The van der Waals surface area contributed by atoms with E-state index >= 15 is 0 Å². The number of carbonyl (C=O) groups excluding carboxylic acids is 1. The van der Waals surface area contributed by atoms with Gasteiger partial charge in [-0.15, -0.1) is 0 Å². The van der Waals surface area contributed by atoms with Gasteiger partial charge in [0, 0.05) is 6.20 Å². The van der Waals surface area contributed by atoms with Gasteiger partial charge in [0.15, 0.2) is 5.82 Å². The van der Waals surface area contributed by atoms with Crippen molar-refractivity contribution in [3.8, 4) is 5.82 Å². The van der Waals surface area contributed by atoms with Gasteiger partial charge in [-0.3, -0.25) is 0 Å². The lowest BCUT2D eigenvalue weighted by atomic mass is 10.3. The largest absolute Gasteiger partial charge is 0.462 e. The van der Waals surface area contributed by atoms with Gasteiger partial charge in [-0.05, 0) is 41.9 Å². The number of nitrogens with zero attached hydrogens (tertiary/aromatic N) is 3. The third kappa shape index (κ3) is 2.59. The molecule has 0 aliphatic heterocycles. The Morgan fingerprint density at radius 1 is 1.50 bits per heavy atom. The lowest BCUT2D eigenvalue weighted by Crippen LogP contribution is -2.04. The van der Waals surface area contributed by atoms with Crippen molar-refractivity contribution in [3.05, 3.63) is 40.3 Å². The van der Waals surface area contributed by atoms with Crippen LogP contribution >= 0.6 is 15.9 Å². The van der Waals surface area contributed by atoms with E-state index in [1.54, 1.807) is 24.7 Å². The molecule has 0 aromatic carbocycles. The molecule has 0 saturated heterocycles. The summed E-state index contributed by atoms with van der Waals surface area (Å²) >= 11 is 3.29. The highest BCUT2D eigenvalue weighted by atomic mass is 79.9. The van der Waals surface area contributed by atoms with Crippen LogP contribution < -0.4 is 0 Å². The van der Waals surface area contributed by atoms with Gasteiger partial charge in [-0.1, -0.05) is 6.07 Å². The number of halogens is 1. The summed E-state index contributed by atoms with van der Waals surface area (Å²) in [6.45, 7) is 3.88. The second-order valence-corrected chi connectivity index (χ2v) is 4.42. The van der Waals surface area contributed by atoms with E-state index in [0.717, 1.165) is 0 Å². The van der Waals surface area contributed by atoms with Crippen LogP contribution in [0.2, 0.25) is 0 Å². The second-order valence-electron chi connectivity index (χ2n) is 3.61. The van der Waals surface area contributed by atoms with Crippen LogP contribution in [0, 0.1) is 6.92 Å². The SMILES string of the molecule is CCOC(=O)c1cn(-c2cccc(Br)n2)nc1C. The highest BCUT2D eigenvalue weighted by Crippen LogP contribution is 2.13. The van der Waals surface area contributed by atoms with E-state index in [9.17, 15) is 4.79 Å². The molecule has 0 fully saturated rings. The number of pyridine rings is 1. The van der Waals surface area contributed by atoms with Crippen LogP contribution in [0.4, 0.5) is 0 Å². The van der Waals surface area contributed by atoms with Crippen LogP contribution in [0.3, 0.4) is 0 Å². The molecule has 0 N–H and O–H groups in total. The second kappa shape index (κ2) is 5.30. The molecule has 0 spiro atoms. The van der Waals surface area contributed by atoms with Crippen LogP contribution in [0.25, 0.3) is 5.82 Å². The standard InChI is InChI=1S/C12H12BrN3O2/c1-3-18-12(17)9-7-16(15-8(9)2)11-6-4-5-10(13)14-11/h4-7H,3H2,1-2H3. The summed E-state index contributed by atoms with van der Waals surface area (Å²) in [5.74, 6) is 0.277. The molecule has 0 saturated carbocycles. The summed E-state index contributed by atoms with van der Waals surface area (Å²) in [4.78, 5) is 15.9. The van der Waals surface area contributed by atoms with E-state index in [0.29, 0.717) is 28.3 Å². The number of ether oxygens (including phenoxy) is 1. The molecule has 0 aliphatic rings. The summed E-state index contributed by atoms with van der Waals surface area (Å²) in [6.07, 6.45) is 1.63. The lowest BCUT2D eigenvalue weighted by molar-refractivity contribution is 0.0525. The molecule has 0 unspecified atom stereocenters. The molecule has 5 nitrogen and oxygen atoms in total. The molecule has 6 heteroatoms. The number of esters is 1. The maximum absolute atomic E-state index is 11.7. The van der Waals surface area contributed by atoms with Gasteiger partial charge in [0.2, 0.25) is 0 Å². The Morgan fingerprint density at radius 3 is 2.94 bits per heavy atom. The number of hydrogen-bond donors (Lipinski definition) is 0. The Hall–Kier alpha value is -1.69. The van der Waals surface area contributed by atoms with Gasteiger partial charge in [0.25, 0.3) is 0 Å². The minimum absolute atomic E-state index is 0.346. The van der Waals surface area contributed by atoms with Crippen molar-refractivity contribution < 1.29 is 9.53 Å². The molecule has 2 aromatic rings. The Morgan fingerprint density at radius 2 is 2.28 bits per heavy atom. The molecule has 0 radical (unpaired) electrons. The third-order valence-electron chi connectivity index (χ3n) is 2.33. The van der Waals surface area contributed by atoms with Gasteiger partial charge < -0.3 is 4.74 Å². The predicted molar refractivity (Wildman–Crippen MR) is 69.8 cm³/mol. The van der Waals surface area contributed by atoms with E-state index in [-0.39, 0.29) is 5.97 Å². The highest BCUT2D eigenvalue weighted by Gasteiger charge is 2.15. The molecule has 94 valence electrons. The van der Waals surface area contributed by atoms with Crippen LogP contribution in [-0.2, 0) is 4.74 Å². The van der Waals surface area contributed by atoms with Gasteiger partial charge in [0.1, 0.15) is 10.2 Å². The summed E-state index contributed by atoms with van der Waals surface area (Å²) < 4.78 is 7.24. The molecule has 0 amide bonds. The molecule has 2 aromatic heterocycles. The molecule has 0 aliphatic carbocycles. The summed E-state index contributed by atoms with van der Waals surface area (Å²) in [5.41, 5.74) is 1.08. The highest BCUT2D eigenvalue weighted by molar-refractivity contribution is 9.10. The zero-order valence-electron chi connectivity index (χ0n) is 10.1. The summed E-state index contributed by atoms with van der Waals surface area (Å²) in [7, 11) is 0. The quantitative estimate of drug-likeness (QED) is 0.646. The number of carbonyl (C=O) groups is 1. The molecular weight excluding hydrogens is 298 g/mol. The Bertz CT molecular complexity index is 580. The first-order valence-corrected chi connectivity index (χ1v) is 6.27. The predicted octanol–water partition coefficient (Wildman–Crippen LogP) is 2.51. The average Bonchev–Trinajstić information content (AvgIpc) is 2.72. The average molecular weight is 310 g/mol. The van der Waals surface area contributed by atoms with Crippen molar-refractivity contribution in [2.75, 3.05) is 6.61 Å². The molecule has 2 rings (SSSR count). The summed E-state index contributed by atoms with van der Waals surface area (Å²) in [6, 6.07) is 5.49. The smallest absolute Gasteiger partial charge is 0.341 e. The van der Waals surface area contributed by atoms with Crippen molar-refractivity contribution >= 4 is 21.9 Å². The van der Waals surface area contributed by atoms with Gasteiger partial charge >= 0.3 is 5.97 Å². The normalized spacial score (nSPS) is 10.4. The Balaban J connectivity index is 2.37. The van der Waals surface area contributed by atoms with E-state index in [2.05, 4.69) is 26.0 Å². The van der Waals surface area contributed by atoms with Crippen LogP contribution in [-0.4, -0.2) is 27.3 Å². The van der Waals surface area contributed by atoms with E-state index in [1.165, 1.54) is 0 Å². The minimum atomic E-state index is -0.365. The molecule has 0 atom stereocenters. The monoisotopic (exact) mass is 309 g/mol. The van der Waals surface area contributed by atoms with Crippen molar-refractivity contribution in [2.24, 2.45) is 0 Å². The fraction of sp³-hybridized carbons (Fsp3) is 0.250. The fourth-order valence-electron chi connectivity index (χ4n) is 1.51. The number of rotatable bonds is 3. The van der Waals surface area contributed by atoms with Crippen LogP contribution in [0.15, 0.2) is 29.0 Å². The van der Waals surface area contributed by atoms with Gasteiger partial charge in [-0.2, -0.15) is 5.10 Å². The summed E-state index contributed by atoms with van der Waals surface area (Å²) in [5, 5.41) is 4.26. The van der Waals surface area contributed by atoms with Crippen molar-refractivity contribution in [3.63, 3.8) is 0 Å². The molecular formula is C12H12BrN3O2. The first-order valence-electron chi connectivity index (χ1n) is 5.48. The van der Waals surface area contributed by atoms with Gasteiger partial charge in [-0.25, -0.2) is 14.5 Å².